The number of hydrogen-bond acceptors (Lipinski definition) is 6. The molecule has 3 nitrogen and oxygen atoms in total. The molecular formula is C79H126N2OS4. The Balaban J connectivity index is 1.33. The van der Waals surface area contributed by atoms with Gasteiger partial charge in [0.25, 0.3) is 5.91 Å². The van der Waals surface area contributed by atoms with Crippen molar-refractivity contribution in [2.45, 2.75) is 343 Å². The highest BCUT2D eigenvalue weighted by Crippen LogP contribution is 2.62. The molecule has 4 aromatic rings. The lowest BCUT2D eigenvalue weighted by molar-refractivity contribution is -0.123. The molecule has 4 aromatic heterocycles. The Kier molecular flexibility index (Phi) is 29.7. The van der Waals surface area contributed by atoms with Crippen LogP contribution in [-0.4, -0.2) is 35.3 Å². The van der Waals surface area contributed by atoms with Gasteiger partial charge in [0.2, 0.25) is 0 Å². The van der Waals surface area contributed by atoms with Crippen LogP contribution in [0.4, 0.5) is 0 Å². The van der Waals surface area contributed by atoms with Crippen molar-refractivity contribution in [3.8, 4) is 19.5 Å². The minimum atomic E-state index is 0.0473. The second-order valence-electron chi connectivity index (χ2n) is 29.5. The van der Waals surface area contributed by atoms with E-state index in [-0.39, 0.29) is 22.2 Å². The van der Waals surface area contributed by atoms with Crippen LogP contribution in [0.3, 0.4) is 0 Å². The highest BCUT2D eigenvalue weighted by molar-refractivity contribution is 7.27. The average Bonchev–Trinajstić information content (AvgIpc) is 1.58. The molecule has 3 aliphatic rings. The first kappa shape index (κ1) is 71.0. The third kappa shape index (κ3) is 19.3. The number of unbranched alkanes of at least 4 members (excludes halogenated alkanes) is 26. The maximum absolute atomic E-state index is 16.3. The first-order valence-electron chi connectivity index (χ1n) is 36.7. The smallest absolute Gasteiger partial charge is 0.260 e. The zero-order valence-corrected chi connectivity index (χ0v) is 60.8. The zero-order valence-electron chi connectivity index (χ0n) is 57.5. The molecule has 482 valence electrons. The van der Waals surface area contributed by atoms with Crippen molar-refractivity contribution in [3.05, 3.63) is 78.2 Å². The van der Waals surface area contributed by atoms with Crippen LogP contribution < -0.4 is 0 Å². The van der Waals surface area contributed by atoms with Crippen molar-refractivity contribution in [3.63, 3.8) is 0 Å². The Morgan fingerprint density at radius 3 is 1.31 bits per heavy atom. The van der Waals surface area contributed by atoms with E-state index in [1.54, 1.807) is 25.8 Å². The van der Waals surface area contributed by atoms with E-state index in [9.17, 15) is 0 Å². The summed E-state index contributed by atoms with van der Waals surface area (Å²) < 4.78 is 0. The Morgan fingerprint density at radius 1 is 0.419 bits per heavy atom. The first-order valence-corrected chi connectivity index (χ1v) is 40.0. The van der Waals surface area contributed by atoms with E-state index in [2.05, 4.69) is 152 Å². The number of rotatable bonds is 45. The molecule has 0 aromatic carbocycles. The minimum Gasteiger partial charge on any atom is -0.365 e. The van der Waals surface area contributed by atoms with Gasteiger partial charge in [0.05, 0.1) is 26.7 Å². The van der Waals surface area contributed by atoms with E-state index < -0.39 is 0 Å². The molecular weight excluding hydrogens is 1120 g/mol. The molecule has 1 amide bonds. The van der Waals surface area contributed by atoms with Crippen LogP contribution >= 0.6 is 45.3 Å². The fraction of sp³-hybridized carbons (Fsp3) is 0.734. The van der Waals surface area contributed by atoms with Gasteiger partial charge in [-0.2, -0.15) is 0 Å². The van der Waals surface area contributed by atoms with Crippen molar-refractivity contribution in [1.29, 1.82) is 0 Å². The molecule has 7 heteroatoms. The van der Waals surface area contributed by atoms with Crippen LogP contribution in [-0.2, 0) is 21.0 Å². The van der Waals surface area contributed by atoms with E-state index in [4.69, 9.17) is 0 Å². The predicted molar refractivity (Wildman–Crippen MR) is 387 cm³/mol. The third-order valence-electron chi connectivity index (χ3n) is 20.0. The molecule has 2 atom stereocenters. The summed E-state index contributed by atoms with van der Waals surface area (Å²) in [7, 11) is 0. The van der Waals surface area contributed by atoms with Gasteiger partial charge in [-0.05, 0) is 109 Å². The minimum absolute atomic E-state index is 0.0473. The normalized spacial score (nSPS) is 15.7. The summed E-state index contributed by atoms with van der Waals surface area (Å²) in [6, 6.07) is 15.1. The predicted octanol–water partition coefficient (Wildman–Crippen LogP) is 26.9. The Labute approximate surface area is 545 Å². The summed E-state index contributed by atoms with van der Waals surface area (Å²) in [6.45, 7) is 31.1. The summed E-state index contributed by atoms with van der Waals surface area (Å²) in [5.41, 5.74) is 8.43. The second-order valence-corrected chi connectivity index (χ2v) is 33.8. The molecule has 2 unspecified atom stereocenters. The van der Waals surface area contributed by atoms with Crippen molar-refractivity contribution in [2.24, 2.45) is 11.8 Å². The molecule has 0 N–H and O–H groups in total. The van der Waals surface area contributed by atoms with Crippen molar-refractivity contribution >= 4 is 62.6 Å². The average molecular weight is 1250 g/mol. The number of thiophene rings is 4. The lowest BCUT2D eigenvalue weighted by atomic mass is 9.71. The van der Waals surface area contributed by atoms with Crippen molar-refractivity contribution < 1.29 is 4.79 Å². The van der Waals surface area contributed by atoms with Gasteiger partial charge in [0.1, 0.15) is 0 Å². The van der Waals surface area contributed by atoms with E-state index in [1.165, 1.54) is 285 Å². The SMILES string of the molecule is CCCCCCCCC(CCCCCC)CN1CC2=C(c3ccc(C(C)(C)C)s3)N(CC(CCCCCC)CCCCCCCC)C(=O)C2=C1c1ccc(-c2cc3c(s2)-c2sc(C(C)(C)C)cc2C3(CCCCCCCC)CCCCCCCC)s1. The van der Waals surface area contributed by atoms with E-state index in [0.717, 1.165) is 25.2 Å². The summed E-state index contributed by atoms with van der Waals surface area (Å²) >= 11 is 8.18. The summed E-state index contributed by atoms with van der Waals surface area (Å²) in [5, 5.41) is 0. The molecule has 1 aliphatic carbocycles. The van der Waals surface area contributed by atoms with Gasteiger partial charge in [-0.15, -0.1) is 45.3 Å². The quantitative estimate of drug-likeness (QED) is 0.0412. The van der Waals surface area contributed by atoms with Crippen LogP contribution in [0.2, 0.25) is 0 Å². The highest BCUT2D eigenvalue weighted by atomic mass is 32.1. The number of carbonyl (C=O) groups excluding carboxylic acids is 1. The van der Waals surface area contributed by atoms with Crippen LogP contribution in [0, 0.1) is 11.8 Å². The number of nitrogens with zero attached hydrogens (tertiary/aromatic N) is 2. The van der Waals surface area contributed by atoms with Gasteiger partial charge < -0.3 is 9.80 Å². The summed E-state index contributed by atoms with van der Waals surface area (Å²) in [6.07, 6.45) is 50.0. The second kappa shape index (κ2) is 36.0. The summed E-state index contributed by atoms with van der Waals surface area (Å²) in [4.78, 5) is 32.9. The van der Waals surface area contributed by atoms with Gasteiger partial charge >= 0.3 is 0 Å². The zero-order chi connectivity index (χ0) is 61.5. The molecule has 2 aliphatic heterocycles. The van der Waals surface area contributed by atoms with Gasteiger partial charge in [0.15, 0.2) is 0 Å². The van der Waals surface area contributed by atoms with E-state index in [0.29, 0.717) is 11.8 Å². The topological polar surface area (TPSA) is 23.6 Å². The molecule has 7 rings (SSSR count). The van der Waals surface area contributed by atoms with Crippen LogP contribution in [0.25, 0.3) is 30.9 Å². The highest BCUT2D eigenvalue weighted by Gasteiger charge is 2.48. The van der Waals surface area contributed by atoms with Gasteiger partial charge in [-0.3, -0.25) is 4.79 Å². The number of fused-ring (bicyclic) bond motifs is 4. The van der Waals surface area contributed by atoms with Gasteiger partial charge in [0, 0.05) is 59.9 Å². The molecule has 0 spiro atoms. The van der Waals surface area contributed by atoms with E-state index >= 15 is 4.79 Å². The van der Waals surface area contributed by atoms with Crippen LogP contribution in [0.5, 0.6) is 0 Å². The monoisotopic (exact) mass is 1250 g/mol. The largest absolute Gasteiger partial charge is 0.365 e. The van der Waals surface area contributed by atoms with E-state index in [1.807, 2.05) is 22.7 Å². The Bertz CT molecular complexity index is 2650. The molecule has 6 heterocycles. The maximum atomic E-state index is 16.3. The van der Waals surface area contributed by atoms with Gasteiger partial charge in [-0.1, -0.05) is 289 Å². The summed E-state index contributed by atoms with van der Waals surface area (Å²) in [5.74, 6) is 1.41. The maximum Gasteiger partial charge on any atom is 0.260 e. The number of hydrogen-bond donors (Lipinski definition) is 0. The fourth-order valence-electron chi connectivity index (χ4n) is 14.7. The Hall–Kier alpha value is -2.45. The van der Waals surface area contributed by atoms with Crippen molar-refractivity contribution in [2.75, 3.05) is 19.6 Å². The lowest BCUT2D eigenvalue weighted by Gasteiger charge is -2.32. The van der Waals surface area contributed by atoms with Crippen LogP contribution in [0.1, 0.15) is 358 Å². The number of carbonyl (C=O) groups is 1. The van der Waals surface area contributed by atoms with Gasteiger partial charge in [-0.25, -0.2) is 0 Å². The van der Waals surface area contributed by atoms with Crippen LogP contribution in [0.15, 0.2) is 47.5 Å². The fourth-order valence-corrected chi connectivity index (χ4v) is 19.8. The molecule has 0 fully saturated rings. The standard InChI is InChI=1S/C79H126N2OS4/c1-13-19-25-31-35-41-46-60(45-39-29-23-17-5)57-80-59-62-71(76(82)81(72(62)66-51-52-69(84-66)77(7,8)9)58-61(47-40-30-24-18-6)48-42-36-32-26-20-14-2)73(80)67-50-49-65(83-67)68-55-63-74(85-68)75-64(56-70(86-75)78(10,11)12)79(63,53-43-37-33-27-21-15-3)54-44-38-34-28-22-16-4/h49-52,55-56,60-61H,13-48,53-54,57-59H2,1-12H3. The number of amides is 1. The molecule has 0 saturated carbocycles. The molecule has 86 heavy (non-hydrogen) atoms. The molecule has 0 radical (unpaired) electrons. The lowest BCUT2D eigenvalue weighted by Crippen LogP contribution is -2.33. The Morgan fingerprint density at radius 2 is 0.826 bits per heavy atom. The van der Waals surface area contributed by atoms with Crippen molar-refractivity contribution in [1.82, 2.24) is 9.80 Å². The third-order valence-corrected chi connectivity index (χ3v) is 25.7. The first-order chi connectivity index (χ1) is 41.6. The molecule has 0 bridgehead atoms. The molecule has 0 saturated heterocycles.